The van der Waals surface area contributed by atoms with Crippen LogP contribution in [0.3, 0.4) is 0 Å². The second-order valence-electron chi connectivity index (χ2n) is 4.41. The van der Waals surface area contributed by atoms with Crippen LogP contribution >= 0.6 is 0 Å². The van der Waals surface area contributed by atoms with Crippen LogP contribution in [0.25, 0.3) is 0 Å². The Balaban J connectivity index is 2.67. The minimum atomic E-state index is -0.982. The van der Waals surface area contributed by atoms with Crippen LogP contribution in [0.15, 0.2) is 29.2 Å². The van der Waals surface area contributed by atoms with Crippen LogP contribution in [-0.2, 0) is 22.0 Å². The summed E-state index contributed by atoms with van der Waals surface area (Å²) in [5.41, 5.74) is 0.741. The average molecular weight is 268 g/mol. The molecular formula is C14H20O3S. The molecule has 0 amide bonds. The molecule has 0 aliphatic carbocycles. The molecule has 1 aromatic rings. The van der Waals surface area contributed by atoms with Crippen molar-refractivity contribution >= 4 is 16.8 Å². The summed E-state index contributed by atoms with van der Waals surface area (Å²) in [6.07, 6.45) is 2.10. The van der Waals surface area contributed by atoms with Gasteiger partial charge in [-0.05, 0) is 23.6 Å². The highest BCUT2D eigenvalue weighted by molar-refractivity contribution is 7.85. The first-order chi connectivity index (χ1) is 8.56. The monoisotopic (exact) mass is 268 g/mol. The fraction of sp³-hybridized carbons (Fsp3) is 0.500. The minimum Gasteiger partial charge on any atom is -0.481 e. The van der Waals surface area contributed by atoms with Gasteiger partial charge < -0.3 is 5.11 Å². The Hall–Kier alpha value is -1.16. The summed E-state index contributed by atoms with van der Waals surface area (Å²) < 4.78 is 12.1. The molecule has 0 aliphatic heterocycles. The molecule has 0 aromatic heterocycles. The van der Waals surface area contributed by atoms with Gasteiger partial charge in [-0.15, -0.1) is 0 Å². The molecule has 0 heterocycles. The number of carbonyl (C=O) groups is 1. The van der Waals surface area contributed by atoms with Crippen molar-refractivity contribution in [2.75, 3.05) is 5.75 Å². The van der Waals surface area contributed by atoms with Gasteiger partial charge in [0.25, 0.3) is 0 Å². The van der Waals surface area contributed by atoms with Crippen LogP contribution in [0.5, 0.6) is 0 Å². The van der Waals surface area contributed by atoms with Crippen molar-refractivity contribution < 1.29 is 14.1 Å². The van der Waals surface area contributed by atoms with Gasteiger partial charge in [0.15, 0.2) is 0 Å². The standard InChI is InChI=1S/C14H20O3S/c1-3-11(4-2)10-18(17)13-7-5-12(6-8-13)9-14(15)16/h5-8,11H,3-4,9-10H2,1-2H3,(H,15,16). The third kappa shape index (κ3) is 4.61. The van der Waals surface area contributed by atoms with Gasteiger partial charge >= 0.3 is 5.97 Å². The number of hydrogen-bond donors (Lipinski definition) is 1. The molecule has 0 aliphatic rings. The first kappa shape index (κ1) is 14.9. The van der Waals surface area contributed by atoms with E-state index in [1.165, 1.54) is 0 Å². The van der Waals surface area contributed by atoms with E-state index in [1.54, 1.807) is 24.3 Å². The maximum Gasteiger partial charge on any atom is 0.307 e. The normalized spacial score (nSPS) is 12.6. The van der Waals surface area contributed by atoms with E-state index in [0.29, 0.717) is 11.7 Å². The summed E-state index contributed by atoms with van der Waals surface area (Å²) >= 11 is 0. The quantitative estimate of drug-likeness (QED) is 0.827. The van der Waals surface area contributed by atoms with Gasteiger partial charge in [0.2, 0.25) is 0 Å². The highest BCUT2D eigenvalue weighted by Gasteiger charge is 2.11. The van der Waals surface area contributed by atoms with Crippen molar-refractivity contribution in [1.82, 2.24) is 0 Å². The Labute approximate surface area is 111 Å². The second kappa shape index (κ2) is 7.31. The Morgan fingerprint density at radius 3 is 2.22 bits per heavy atom. The van der Waals surface area contributed by atoms with E-state index in [0.717, 1.165) is 23.3 Å². The average Bonchev–Trinajstić information content (AvgIpc) is 2.35. The fourth-order valence-corrected chi connectivity index (χ4v) is 3.30. The van der Waals surface area contributed by atoms with Crippen molar-refractivity contribution in [3.05, 3.63) is 29.8 Å². The Kier molecular flexibility index (Phi) is 6.05. The third-order valence-corrected chi connectivity index (χ3v) is 4.66. The molecule has 4 heteroatoms. The van der Waals surface area contributed by atoms with Crippen LogP contribution in [0, 0.1) is 5.92 Å². The van der Waals surface area contributed by atoms with Gasteiger partial charge in [0.05, 0.1) is 17.2 Å². The van der Waals surface area contributed by atoms with Gasteiger partial charge in [-0.25, -0.2) is 0 Å². The lowest BCUT2D eigenvalue weighted by atomic mass is 10.1. The van der Waals surface area contributed by atoms with Crippen LogP contribution in [0.1, 0.15) is 32.3 Å². The van der Waals surface area contributed by atoms with Crippen molar-refractivity contribution in [3.63, 3.8) is 0 Å². The smallest absolute Gasteiger partial charge is 0.307 e. The zero-order chi connectivity index (χ0) is 13.5. The summed E-state index contributed by atoms with van der Waals surface area (Å²) in [6.45, 7) is 4.22. The molecule has 3 nitrogen and oxygen atoms in total. The lowest BCUT2D eigenvalue weighted by Crippen LogP contribution is -2.09. The summed E-state index contributed by atoms with van der Waals surface area (Å²) in [5, 5.41) is 8.67. The number of benzene rings is 1. The van der Waals surface area contributed by atoms with Gasteiger partial charge in [0.1, 0.15) is 0 Å². The maximum absolute atomic E-state index is 12.1. The molecular weight excluding hydrogens is 248 g/mol. The zero-order valence-corrected chi connectivity index (χ0v) is 11.7. The maximum atomic E-state index is 12.1. The van der Waals surface area contributed by atoms with Crippen LogP contribution in [0.2, 0.25) is 0 Å². The third-order valence-electron chi connectivity index (χ3n) is 3.08. The molecule has 18 heavy (non-hydrogen) atoms. The summed E-state index contributed by atoms with van der Waals surface area (Å²) in [7, 11) is -0.982. The molecule has 0 radical (unpaired) electrons. The summed E-state index contributed by atoms with van der Waals surface area (Å²) in [5.74, 6) is 0.330. The van der Waals surface area contributed by atoms with Crippen LogP contribution in [0.4, 0.5) is 0 Å². The predicted octanol–water partition coefficient (Wildman–Crippen LogP) is 2.86. The predicted molar refractivity (Wildman–Crippen MR) is 73.1 cm³/mol. The second-order valence-corrected chi connectivity index (χ2v) is 5.90. The van der Waals surface area contributed by atoms with Crippen molar-refractivity contribution in [2.45, 2.75) is 38.0 Å². The molecule has 1 unspecified atom stereocenters. The molecule has 100 valence electrons. The van der Waals surface area contributed by atoms with E-state index in [9.17, 15) is 9.00 Å². The lowest BCUT2D eigenvalue weighted by Gasteiger charge is -2.11. The molecule has 1 N–H and O–H groups in total. The van der Waals surface area contributed by atoms with E-state index < -0.39 is 16.8 Å². The Morgan fingerprint density at radius 2 is 1.78 bits per heavy atom. The van der Waals surface area contributed by atoms with E-state index in [4.69, 9.17) is 5.11 Å². The van der Waals surface area contributed by atoms with Gasteiger partial charge in [-0.3, -0.25) is 9.00 Å². The van der Waals surface area contributed by atoms with Crippen molar-refractivity contribution in [3.8, 4) is 0 Å². The number of carboxylic acids is 1. The molecule has 0 fully saturated rings. The zero-order valence-electron chi connectivity index (χ0n) is 10.9. The number of rotatable bonds is 7. The van der Waals surface area contributed by atoms with Gasteiger partial charge in [-0.2, -0.15) is 0 Å². The Morgan fingerprint density at radius 1 is 1.22 bits per heavy atom. The number of carboxylic acid groups (broad SMARTS) is 1. The summed E-state index contributed by atoms with van der Waals surface area (Å²) in [4.78, 5) is 11.3. The van der Waals surface area contributed by atoms with Gasteiger partial charge in [-0.1, -0.05) is 38.8 Å². The first-order valence-electron chi connectivity index (χ1n) is 6.25. The largest absolute Gasteiger partial charge is 0.481 e. The summed E-state index contributed by atoms with van der Waals surface area (Å²) in [6, 6.07) is 7.04. The van der Waals surface area contributed by atoms with E-state index in [-0.39, 0.29) is 6.42 Å². The van der Waals surface area contributed by atoms with E-state index in [2.05, 4.69) is 13.8 Å². The molecule has 1 rings (SSSR count). The van der Waals surface area contributed by atoms with Crippen LogP contribution < -0.4 is 0 Å². The van der Waals surface area contributed by atoms with Crippen molar-refractivity contribution in [1.29, 1.82) is 0 Å². The molecule has 1 aromatic carbocycles. The molecule has 1 atom stereocenters. The molecule has 0 spiro atoms. The van der Waals surface area contributed by atoms with Crippen molar-refractivity contribution in [2.24, 2.45) is 5.92 Å². The highest BCUT2D eigenvalue weighted by Crippen LogP contribution is 2.15. The van der Waals surface area contributed by atoms with Gasteiger partial charge in [0, 0.05) is 10.6 Å². The first-order valence-corrected chi connectivity index (χ1v) is 7.57. The topological polar surface area (TPSA) is 54.4 Å². The van der Waals surface area contributed by atoms with E-state index in [1.807, 2.05) is 0 Å². The number of aliphatic carboxylic acids is 1. The molecule has 0 saturated carbocycles. The highest BCUT2D eigenvalue weighted by atomic mass is 32.2. The lowest BCUT2D eigenvalue weighted by molar-refractivity contribution is -0.136. The molecule has 0 saturated heterocycles. The molecule has 0 bridgehead atoms. The van der Waals surface area contributed by atoms with Crippen LogP contribution in [-0.4, -0.2) is 21.0 Å². The fourth-order valence-electron chi connectivity index (χ4n) is 1.77. The Bertz CT molecular complexity index is 408. The SMILES string of the molecule is CCC(CC)CS(=O)c1ccc(CC(=O)O)cc1. The number of hydrogen-bond acceptors (Lipinski definition) is 2. The van der Waals surface area contributed by atoms with E-state index >= 15 is 0 Å². The minimum absolute atomic E-state index is 0.0134.